The molecule has 0 radical (unpaired) electrons. The van der Waals surface area contributed by atoms with Gasteiger partial charge in [0, 0.05) is 48.0 Å². The van der Waals surface area contributed by atoms with Crippen molar-refractivity contribution in [1.82, 2.24) is 19.7 Å². The first kappa shape index (κ1) is 16.8. The van der Waals surface area contributed by atoms with Crippen molar-refractivity contribution in [2.75, 3.05) is 13.1 Å². The summed E-state index contributed by atoms with van der Waals surface area (Å²) in [6.07, 6.45) is 6.00. The average Bonchev–Trinajstić information content (AvgIpc) is 3.02. The van der Waals surface area contributed by atoms with E-state index in [1.165, 1.54) is 5.56 Å². The summed E-state index contributed by atoms with van der Waals surface area (Å²) >= 11 is 0. The molecule has 5 heteroatoms. The van der Waals surface area contributed by atoms with Gasteiger partial charge in [-0.1, -0.05) is 24.8 Å². The molecule has 0 bridgehead atoms. The van der Waals surface area contributed by atoms with Gasteiger partial charge in [0.2, 0.25) is 0 Å². The quantitative estimate of drug-likeness (QED) is 0.785. The Hall–Kier alpha value is -2.66. The second-order valence-electron chi connectivity index (χ2n) is 7.12. The number of aryl methyl sites for hydroxylation is 1. The number of fused-ring (bicyclic) bond motifs is 1. The van der Waals surface area contributed by atoms with E-state index in [0.29, 0.717) is 5.92 Å². The van der Waals surface area contributed by atoms with Crippen LogP contribution in [-0.2, 0) is 6.54 Å². The van der Waals surface area contributed by atoms with Gasteiger partial charge < -0.3 is 4.98 Å². The number of rotatable bonds is 4. The number of aromatic amines is 1. The first-order valence-electron chi connectivity index (χ1n) is 9.15. The monoisotopic (exact) mass is 348 g/mol. The molecular formula is C21H24N4O. The van der Waals surface area contributed by atoms with E-state index in [9.17, 15) is 4.79 Å². The van der Waals surface area contributed by atoms with E-state index in [0.717, 1.165) is 54.6 Å². The van der Waals surface area contributed by atoms with Crippen molar-refractivity contribution in [3.8, 4) is 0 Å². The van der Waals surface area contributed by atoms with Crippen LogP contribution in [0, 0.1) is 6.92 Å². The minimum absolute atomic E-state index is 0.0123. The fourth-order valence-corrected chi connectivity index (χ4v) is 3.91. The van der Waals surface area contributed by atoms with Gasteiger partial charge in [0.1, 0.15) is 0 Å². The van der Waals surface area contributed by atoms with E-state index in [-0.39, 0.29) is 5.56 Å². The SMILES string of the molecule is C=Cn1cc(CN2CCCC(c3cc4ccccc4c(=O)[nH]3)C2)c(C)n1. The highest BCUT2D eigenvalue weighted by Crippen LogP contribution is 2.27. The largest absolute Gasteiger partial charge is 0.325 e. The maximum atomic E-state index is 12.4. The highest BCUT2D eigenvalue weighted by molar-refractivity contribution is 5.81. The van der Waals surface area contributed by atoms with Crippen LogP contribution in [0.15, 0.2) is 47.9 Å². The van der Waals surface area contributed by atoms with Crippen LogP contribution in [0.4, 0.5) is 0 Å². The van der Waals surface area contributed by atoms with Crippen molar-refractivity contribution in [2.24, 2.45) is 0 Å². The number of hydrogen-bond donors (Lipinski definition) is 1. The molecule has 2 aromatic heterocycles. The van der Waals surface area contributed by atoms with Crippen molar-refractivity contribution < 1.29 is 0 Å². The Morgan fingerprint density at radius 2 is 2.23 bits per heavy atom. The van der Waals surface area contributed by atoms with Crippen molar-refractivity contribution in [3.63, 3.8) is 0 Å². The summed E-state index contributed by atoms with van der Waals surface area (Å²) in [5, 5.41) is 6.22. The van der Waals surface area contributed by atoms with Crippen molar-refractivity contribution >= 4 is 17.0 Å². The summed E-state index contributed by atoms with van der Waals surface area (Å²) < 4.78 is 1.77. The third-order valence-electron chi connectivity index (χ3n) is 5.32. The number of nitrogens with one attached hydrogen (secondary N) is 1. The molecule has 1 aliphatic heterocycles. The van der Waals surface area contributed by atoms with E-state index >= 15 is 0 Å². The third-order valence-corrected chi connectivity index (χ3v) is 5.32. The number of benzene rings is 1. The summed E-state index contributed by atoms with van der Waals surface area (Å²) in [6, 6.07) is 9.93. The Balaban J connectivity index is 1.56. The lowest BCUT2D eigenvalue weighted by atomic mass is 9.93. The summed E-state index contributed by atoms with van der Waals surface area (Å²) in [4.78, 5) is 18.0. The molecule has 1 fully saturated rings. The molecule has 0 amide bonds. The maximum Gasteiger partial charge on any atom is 0.256 e. The van der Waals surface area contributed by atoms with Crippen molar-refractivity contribution in [3.05, 3.63) is 70.4 Å². The molecule has 5 nitrogen and oxygen atoms in total. The van der Waals surface area contributed by atoms with Crippen LogP contribution < -0.4 is 5.56 Å². The Morgan fingerprint density at radius 1 is 1.38 bits per heavy atom. The Labute approximate surface area is 153 Å². The van der Waals surface area contributed by atoms with Crippen molar-refractivity contribution in [2.45, 2.75) is 32.2 Å². The van der Waals surface area contributed by atoms with E-state index in [1.807, 2.05) is 37.4 Å². The van der Waals surface area contributed by atoms with Crippen LogP contribution in [0.1, 0.15) is 35.7 Å². The number of H-pyrrole nitrogens is 1. The number of likely N-dealkylation sites (tertiary alicyclic amines) is 1. The average molecular weight is 348 g/mol. The van der Waals surface area contributed by atoms with E-state index in [1.54, 1.807) is 10.9 Å². The zero-order chi connectivity index (χ0) is 18.1. The number of hydrogen-bond acceptors (Lipinski definition) is 3. The number of pyridine rings is 1. The Bertz CT molecular complexity index is 1000. The van der Waals surface area contributed by atoms with Crippen LogP contribution in [0.2, 0.25) is 0 Å². The number of piperidine rings is 1. The molecule has 1 unspecified atom stereocenters. The zero-order valence-corrected chi connectivity index (χ0v) is 15.1. The molecule has 0 saturated carbocycles. The van der Waals surface area contributed by atoms with Gasteiger partial charge in [-0.05, 0) is 43.8 Å². The summed E-state index contributed by atoms with van der Waals surface area (Å²) in [5.41, 5.74) is 3.35. The predicted molar refractivity (Wildman–Crippen MR) is 105 cm³/mol. The minimum atomic E-state index is 0.0123. The molecule has 1 aliphatic rings. The molecule has 1 aromatic carbocycles. The molecule has 3 aromatic rings. The lowest BCUT2D eigenvalue weighted by molar-refractivity contribution is 0.198. The van der Waals surface area contributed by atoms with E-state index in [4.69, 9.17) is 0 Å². The highest BCUT2D eigenvalue weighted by Gasteiger charge is 2.23. The maximum absolute atomic E-state index is 12.4. The van der Waals surface area contributed by atoms with Gasteiger partial charge >= 0.3 is 0 Å². The fraction of sp³-hybridized carbons (Fsp3) is 0.333. The zero-order valence-electron chi connectivity index (χ0n) is 15.1. The van der Waals surface area contributed by atoms with Crippen LogP contribution in [0.25, 0.3) is 17.0 Å². The smallest absolute Gasteiger partial charge is 0.256 e. The van der Waals surface area contributed by atoms with E-state index in [2.05, 4.69) is 27.6 Å². The second-order valence-corrected chi connectivity index (χ2v) is 7.12. The number of nitrogens with zero attached hydrogens (tertiary/aromatic N) is 3. The predicted octanol–water partition coefficient (Wildman–Crippen LogP) is 3.51. The molecule has 1 N–H and O–H groups in total. The lowest BCUT2D eigenvalue weighted by Crippen LogP contribution is -2.34. The summed E-state index contributed by atoms with van der Waals surface area (Å²) in [6.45, 7) is 8.72. The molecular weight excluding hydrogens is 324 g/mol. The minimum Gasteiger partial charge on any atom is -0.325 e. The second kappa shape index (κ2) is 6.92. The molecule has 0 aliphatic carbocycles. The number of aromatic nitrogens is 3. The Morgan fingerprint density at radius 3 is 3.04 bits per heavy atom. The van der Waals surface area contributed by atoms with Gasteiger partial charge in [-0.3, -0.25) is 9.69 Å². The first-order chi connectivity index (χ1) is 12.6. The molecule has 134 valence electrons. The topological polar surface area (TPSA) is 53.9 Å². The van der Waals surface area contributed by atoms with Crippen LogP contribution in [-0.4, -0.2) is 32.8 Å². The van der Waals surface area contributed by atoms with Crippen LogP contribution in [0.5, 0.6) is 0 Å². The van der Waals surface area contributed by atoms with Gasteiger partial charge in [-0.15, -0.1) is 0 Å². The Kier molecular flexibility index (Phi) is 4.47. The van der Waals surface area contributed by atoms with E-state index < -0.39 is 0 Å². The normalized spacial score (nSPS) is 18.3. The molecule has 3 heterocycles. The van der Waals surface area contributed by atoms with Gasteiger partial charge in [0.25, 0.3) is 5.56 Å². The first-order valence-corrected chi connectivity index (χ1v) is 9.15. The summed E-state index contributed by atoms with van der Waals surface area (Å²) in [5.74, 6) is 0.357. The lowest BCUT2D eigenvalue weighted by Gasteiger charge is -2.32. The molecule has 0 spiro atoms. The third kappa shape index (κ3) is 3.22. The summed E-state index contributed by atoms with van der Waals surface area (Å²) in [7, 11) is 0. The van der Waals surface area contributed by atoms with Crippen LogP contribution in [0.3, 0.4) is 0 Å². The van der Waals surface area contributed by atoms with Crippen molar-refractivity contribution in [1.29, 1.82) is 0 Å². The van der Waals surface area contributed by atoms with Gasteiger partial charge in [0.05, 0.1) is 5.69 Å². The molecule has 4 rings (SSSR count). The van der Waals surface area contributed by atoms with Gasteiger partial charge in [-0.2, -0.15) is 5.10 Å². The van der Waals surface area contributed by atoms with Crippen LogP contribution >= 0.6 is 0 Å². The standard InChI is InChI=1S/C21H24N4O/c1-3-25-14-18(15(2)23-25)13-24-10-6-8-17(12-24)20-11-16-7-4-5-9-19(16)21(26)22-20/h3-5,7,9,11,14,17H,1,6,8,10,12-13H2,2H3,(H,22,26). The highest BCUT2D eigenvalue weighted by atomic mass is 16.1. The molecule has 26 heavy (non-hydrogen) atoms. The van der Waals surface area contributed by atoms with Gasteiger partial charge in [0.15, 0.2) is 0 Å². The van der Waals surface area contributed by atoms with Gasteiger partial charge in [-0.25, -0.2) is 4.68 Å². The fourth-order valence-electron chi connectivity index (χ4n) is 3.91. The molecule has 1 saturated heterocycles. The molecule has 1 atom stereocenters.